The topological polar surface area (TPSA) is 143 Å². The second-order valence-corrected chi connectivity index (χ2v) is 12.1. The molecule has 0 aliphatic heterocycles. The van der Waals surface area contributed by atoms with Gasteiger partial charge < -0.3 is 15.0 Å². The fourth-order valence-corrected chi connectivity index (χ4v) is 5.89. The van der Waals surface area contributed by atoms with E-state index in [1.165, 1.54) is 19.3 Å². The number of nitrogens with one attached hydrogen (secondary N) is 2. The molecule has 0 spiro atoms. The lowest BCUT2D eigenvalue weighted by Crippen LogP contribution is -2.31. The number of nitrogens with zero attached hydrogens (tertiary/aromatic N) is 4. The summed E-state index contributed by atoms with van der Waals surface area (Å²) in [5.41, 5.74) is 2.03. The molecule has 0 bridgehead atoms. The molecule has 0 aliphatic carbocycles. The summed E-state index contributed by atoms with van der Waals surface area (Å²) in [5.74, 6) is -0.135. The van der Waals surface area contributed by atoms with E-state index in [-0.39, 0.29) is 10.6 Å². The van der Waals surface area contributed by atoms with Gasteiger partial charge in [-0.2, -0.15) is 8.42 Å². The first-order chi connectivity index (χ1) is 19.2. The number of halogens is 1. The quantitative estimate of drug-likeness (QED) is 0.249. The summed E-state index contributed by atoms with van der Waals surface area (Å²) in [7, 11) is -2.94. The molecule has 0 unspecified atom stereocenters. The van der Waals surface area contributed by atoms with Crippen LogP contribution in [0.4, 0.5) is 5.82 Å². The number of hydrogen-bond acceptors (Lipinski definition) is 10. The van der Waals surface area contributed by atoms with Gasteiger partial charge in [-0.3, -0.25) is 9.59 Å². The zero-order valence-electron chi connectivity index (χ0n) is 21.5. The molecular formula is C26H25BrN6O5S2. The number of carbonyl (C=O) groups excluding carboxylic acids is 2. The molecule has 2 heterocycles. The largest absolute Gasteiger partial charge is 0.489 e. The highest BCUT2D eigenvalue weighted by molar-refractivity contribution is 9.10. The van der Waals surface area contributed by atoms with Gasteiger partial charge in [0.25, 0.3) is 26.2 Å². The molecule has 0 fully saturated rings. The molecular weight excluding hydrogens is 620 g/mol. The highest BCUT2D eigenvalue weighted by Crippen LogP contribution is 2.27. The molecule has 14 heteroatoms. The lowest BCUT2D eigenvalue weighted by atomic mass is 10.1. The van der Waals surface area contributed by atoms with E-state index in [4.69, 9.17) is 4.74 Å². The first kappa shape index (κ1) is 29.1. The molecule has 4 aromatic rings. The SMILES string of the molecule is CCN(Cc1cc(Br)ccc1OCc1ccccc1)c1ccc(C(=O)NS(=O)(=O)c2nnc(C(=O)NC)s2)cn1. The highest BCUT2D eigenvalue weighted by Gasteiger charge is 2.25. The van der Waals surface area contributed by atoms with Gasteiger partial charge in [0.15, 0.2) is 0 Å². The number of amides is 2. The molecule has 208 valence electrons. The van der Waals surface area contributed by atoms with Crippen LogP contribution in [0.15, 0.2) is 75.7 Å². The van der Waals surface area contributed by atoms with Crippen molar-refractivity contribution in [3.05, 3.63) is 93.0 Å². The Bertz CT molecular complexity index is 1600. The number of anilines is 1. The zero-order valence-corrected chi connectivity index (χ0v) is 24.7. The van der Waals surface area contributed by atoms with Gasteiger partial charge >= 0.3 is 0 Å². The lowest BCUT2D eigenvalue weighted by Gasteiger charge is -2.24. The van der Waals surface area contributed by atoms with Crippen molar-refractivity contribution in [1.29, 1.82) is 0 Å². The normalized spacial score (nSPS) is 11.1. The van der Waals surface area contributed by atoms with E-state index in [2.05, 4.69) is 36.4 Å². The molecule has 40 heavy (non-hydrogen) atoms. The number of carbonyl (C=O) groups is 2. The van der Waals surface area contributed by atoms with E-state index >= 15 is 0 Å². The van der Waals surface area contributed by atoms with Crippen molar-refractivity contribution in [3.63, 3.8) is 0 Å². The summed E-state index contributed by atoms with van der Waals surface area (Å²) in [5, 5.41) is 9.24. The minimum Gasteiger partial charge on any atom is -0.489 e. The smallest absolute Gasteiger partial charge is 0.293 e. The van der Waals surface area contributed by atoms with Gasteiger partial charge in [0.1, 0.15) is 18.2 Å². The fraction of sp³-hybridized carbons (Fsp3) is 0.192. The molecule has 2 aromatic carbocycles. The van der Waals surface area contributed by atoms with Crippen molar-refractivity contribution in [1.82, 2.24) is 25.2 Å². The van der Waals surface area contributed by atoms with Gasteiger partial charge in [-0.15, -0.1) is 10.2 Å². The summed E-state index contributed by atoms with van der Waals surface area (Å²) < 4.78 is 33.6. The van der Waals surface area contributed by atoms with Crippen LogP contribution in [0, 0.1) is 0 Å². The average molecular weight is 646 g/mol. The third-order valence-corrected chi connectivity index (χ3v) is 8.74. The van der Waals surface area contributed by atoms with E-state index in [0.717, 1.165) is 21.3 Å². The van der Waals surface area contributed by atoms with Gasteiger partial charge in [0.05, 0.1) is 5.56 Å². The van der Waals surface area contributed by atoms with Crippen molar-refractivity contribution >= 4 is 54.9 Å². The highest BCUT2D eigenvalue weighted by atomic mass is 79.9. The van der Waals surface area contributed by atoms with E-state index in [0.29, 0.717) is 36.9 Å². The van der Waals surface area contributed by atoms with Crippen LogP contribution in [-0.4, -0.2) is 49.0 Å². The number of rotatable bonds is 11. The Morgan fingerprint density at radius 1 is 1.05 bits per heavy atom. The van der Waals surface area contributed by atoms with Crippen LogP contribution in [-0.2, 0) is 23.2 Å². The van der Waals surface area contributed by atoms with Crippen LogP contribution in [0.25, 0.3) is 0 Å². The second-order valence-electron chi connectivity index (χ2n) is 8.33. The van der Waals surface area contributed by atoms with Crippen molar-refractivity contribution < 1.29 is 22.7 Å². The van der Waals surface area contributed by atoms with E-state index in [1.807, 2.05) is 65.1 Å². The fourth-order valence-electron chi connectivity index (χ4n) is 3.56. The first-order valence-electron chi connectivity index (χ1n) is 12.0. The Balaban J connectivity index is 1.45. The maximum atomic E-state index is 12.7. The van der Waals surface area contributed by atoms with E-state index in [9.17, 15) is 18.0 Å². The van der Waals surface area contributed by atoms with Gasteiger partial charge in [-0.1, -0.05) is 57.6 Å². The number of ether oxygens (including phenoxy) is 1. The number of pyridine rings is 1. The van der Waals surface area contributed by atoms with Crippen molar-refractivity contribution in [2.24, 2.45) is 0 Å². The lowest BCUT2D eigenvalue weighted by molar-refractivity contribution is 0.0958. The minimum absolute atomic E-state index is 0.0359. The van der Waals surface area contributed by atoms with Crippen molar-refractivity contribution in [2.45, 2.75) is 24.4 Å². The molecule has 0 atom stereocenters. The predicted molar refractivity (Wildman–Crippen MR) is 154 cm³/mol. The van der Waals surface area contributed by atoms with Crippen LogP contribution in [0.5, 0.6) is 5.75 Å². The standard InChI is InChI=1S/C26H25BrN6O5S2/c1-3-33(15-19-13-20(27)10-11-21(19)38-16-17-7-5-4-6-8-17)22-12-9-18(14-29-22)23(34)32-40(36,37)26-31-30-25(39-26)24(35)28-2/h4-14H,3,15-16H2,1-2H3,(H,28,35)(H,32,34). The average Bonchev–Trinajstić information content (AvgIpc) is 3.47. The molecule has 4 rings (SSSR count). The predicted octanol–water partition coefficient (Wildman–Crippen LogP) is 3.78. The summed E-state index contributed by atoms with van der Waals surface area (Å²) in [6, 6.07) is 18.8. The zero-order chi connectivity index (χ0) is 28.7. The van der Waals surface area contributed by atoms with Crippen LogP contribution < -0.4 is 19.7 Å². The van der Waals surface area contributed by atoms with Crippen LogP contribution in [0.1, 0.15) is 38.2 Å². The third-order valence-electron chi connectivity index (χ3n) is 5.62. The van der Waals surface area contributed by atoms with Crippen molar-refractivity contribution in [2.75, 3.05) is 18.5 Å². The molecule has 2 N–H and O–H groups in total. The maximum absolute atomic E-state index is 12.7. The summed E-state index contributed by atoms with van der Waals surface area (Å²) >= 11 is 4.08. The molecule has 0 saturated heterocycles. The van der Waals surface area contributed by atoms with Gasteiger partial charge in [0, 0.05) is 36.4 Å². The molecule has 0 saturated carbocycles. The Hall–Kier alpha value is -3.88. The summed E-state index contributed by atoms with van der Waals surface area (Å²) in [6.07, 6.45) is 1.30. The molecule has 0 radical (unpaired) electrons. The number of benzene rings is 2. The molecule has 0 aliphatic rings. The van der Waals surface area contributed by atoms with E-state index in [1.54, 1.807) is 6.07 Å². The Kier molecular flexibility index (Phi) is 9.45. The molecule has 2 amide bonds. The van der Waals surface area contributed by atoms with E-state index < -0.39 is 26.2 Å². The van der Waals surface area contributed by atoms with Crippen LogP contribution in [0.2, 0.25) is 0 Å². The molecule has 11 nitrogen and oxygen atoms in total. The third kappa shape index (κ3) is 7.20. The van der Waals surface area contributed by atoms with Gasteiger partial charge in [-0.25, -0.2) is 9.71 Å². The summed E-state index contributed by atoms with van der Waals surface area (Å²) in [6.45, 7) is 3.50. The Morgan fingerprint density at radius 3 is 2.50 bits per heavy atom. The number of aromatic nitrogens is 3. The second kappa shape index (κ2) is 13.0. The minimum atomic E-state index is -4.33. The first-order valence-corrected chi connectivity index (χ1v) is 15.1. The van der Waals surface area contributed by atoms with Crippen LogP contribution >= 0.6 is 27.3 Å². The van der Waals surface area contributed by atoms with Gasteiger partial charge in [0.2, 0.25) is 5.01 Å². The van der Waals surface area contributed by atoms with Crippen LogP contribution in [0.3, 0.4) is 0 Å². The Labute approximate surface area is 243 Å². The van der Waals surface area contributed by atoms with Gasteiger partial charge in [-0.05, 0) is 42.8 Å². The monoisotopic (exact) mass is 644 g/mol. The Morgan fingerprint density at radius 2 is 1.82 bits per heavy atom. The van der Waals surface area contributed by atoms with Crippen molar-refractivity contribution in [3.8, 4) is 5.75 Å². The number of hydrogen-bond donors (Lipinski definition) is 2. The summed E-state index contributed by atoms with van der Waals surface area (Å²) in [4.78, 5) is 30.7. The maximum Gasteiger partial charge on any atom is 0.293 e. The number of sulfonamides is 1. The molecule has 2 aromatic heterocycles.